The fourth-order valence-corrected chi connectivity index (χ4v) is 3.71. The average molecular weight is 367 g/mol. The van der Waals surface area contributed by atoms with Gasteiger partial charge in [-0.05, 0) is 45.4 Å². The van der Waals surface area contributed by atoms with Gasteiger partial charge in [-0.1, -0.05) is 35.4 Å². The standard InChI is InChI=1S/C22H25NO4/c1-14-5-7-18(8-6-14)27-10-9-23-20-16(3)11-15(2)12-19(20)22(26,21(23)25)13-17(4)24/h5-8,11-12,26H,9-10,13H2,1-4H3/t22-/m0/s1. The minimum absolute atomic E-state index is 0.225. The van der Waals surface area contributed by atoms with Crippen molar-refractivity contribution < 1.29 is 19.4 Å². The SMILES string of the molecule is CC(=O)C[C@@]1(O)C(=O)N(CCOc2ccc(C)cc2)c2c(C)cc(C)cc21. The maximum Gasteiger partial charge on any atom is 0.264 e. The van der Waals surface area contributed by atoms with E-state index in [0.717, 1.165) is 22.4 Å². The molecule has 1 N–H and O–H groups in total. The number of hydrogen-bond donors (Lipinski definition) is 1. The predicted octanol–water partition coefficient (Wildman–Crippen LogP) is 3.20. The Morgan fingerprint density at radius 3 is 2.41 bits per heavy atom. The lowest BCUT2D eigenvalue weighted by molar-refractivity contribution is -0.141. The molecule has 3 rings (SSSR count). The number of hydrogen-bond acceptors (Lipinski definition) is 4. The van der Waals surface area contributed by atoms with E-state index in [0.29, 0.717) is 17.8 Å². The van der Waals surface area contributed by atoms with Gasteiger partial charge in [0, 0.05) is 12.0 Å². The Hall–Kier alpha value is -2.66. The number of benzene rings is 2. The Bertz CT molecular complexity index is 888. The number of ketones is 1. The molecule has 0 spiro atoms. The number of aryl methyl sites for hydroxylation is 3. The second kappa shape index (κ2) is 7.16. The molecule has 0 fully saturated rings. The lowest BCUT2D eigenvalue weighted by Crippen LogP contribution is -2.43. The van der Waals surface area contributed by atoms with Gasteiger partial charge in [-0.2, -0.15) is 0 Å². The van der Waals surface area contributed by atoms with Crippen molar-refractivity contribution in [3.05, 3.63) is 58.7 Å². The average Bonchev–Trinajstić information content (AvgIpc) is 2.78. The second-order valence-corrected chi connectivity index (χ2v) is 7.34. The van der Waals surface area contributed by atoms with Crippen molar-refractivity contribution >= 4 is 17.4 Å². The van der Waals surface area contributed by atoms with E-state index in [1.54, 1.807) is 11.0 Å². The predicted molar refractivity (Wildman–Crippen MR) is 104 cm³/mol. The van der Waals surface area contributed by atoms with E-state index >= 15 is 0 Å². The van der Waals surface area contributed by atoms with Crippen LogP contribution >= 0.6 is 0 Å². The summed E-state index contributed by atoms with van der Waals surface area (Å²) in [6.07, 6.45) is -0.225. The van der Waals surface area contributed by atoms with E-state index < -0.39 is 11.5 Å². The topological polar surface area (TPSA) is 66.8 Å². The van der Waals surface area contributed by atoms with Gasteiger partial charge >= 0.3 is 0 Å². The number of anilines is 1. The summed E-state index contributed by atoms with van der Waals surface area (Å²) in [7, 11) is 0. The number of Topliss-reactive ketones (excluding diaryl/α,β-unsaturated/α-hetero) is 1. The zero-order chi connectivity index (χ0) is 19.8. The highest BCUT2D eigenvalue weighted by Crippen LogP contribution is 2.44. The van der Waals surface area contributed by atoms with Gasteiger partial charge in [0.05, 0.1) is 12.2 Å². The van der Waals surface area contributed by atoms with Crippen LogP contribution < -0.4 is 9.64 Å². The molecule has 1 aliphatic rings. The zero-order valence-electron chi connectivity index (χ0n) is 16.2. The van der Waals surface area contributed by atoms with Gasteiger partial charge in [-0.15, -0.1) is 0 Å². The third-order valence-electron chi connectivity index (χ3n) is 4.87. The van der Waals surface area contributed by atoms with Crippen molar-refractivity contribution in [2.24, 2.45) is 0 Å². The minimum Gasteiger partial charge on any atom is -0.492 e. The Labute approximate surface area is 159 Å². The van der Waals surface area contributed by atoms with Gasteiger partial charge in [0.25, 0.3) is 5.91 Å². The fraction of sp³-hybridized carbons (Fsp3) is 0.364. The molecule has 0 unspecified atom stereocenters. The van der Waals surface area contributed by atoms with Gasteiger partial charge in [0.15, 0.2) is 5.60 Å². The zero-order valence-corrected chi connectivity index (χ0v) is 16.2. The number of amides is 1. The minimum atomic E-state index is -1.80. The van der Waals surface area contributed by atoms with Crippen molar-refractivity contribution in [2.45, 2.75) is 39.7 Å². The van der Waals surface area contributed by atoms with Gasteiger partial charge in [0.2, 0.25) is 0 Å². The summed E-state index contributed by atoms with van der Waals surface area (Å²) < 4.78 is 5.76. The molecule has 1 amide bonds. The smallest absolute Gasteiger partial charge is 0.264 e. The molecule has 5 heteroatoms. The summed E-state index contributed by atoms with van der Waals surface area (Å²) >= 11 is 0. The number of carbonyl (C=O) groups is 2. The normalized spacial score (nSPS) is 18.6. The molecular formula is C22H25NO4. The van der Waals surface area contributed by atoms with Crippen molar-refractivity contribution in [3.8, 4) is 5.75 Å². The first-order valence-corrected chi connectivity index (χ1v) is 9.07. The monoisotopic (exact) mass is 367 g/mol. The van der Waals surface area contributed by atoms with Crippen molar-refractivity contribution in [3.63, 3.8) is 0 Å². The molecule has 0 aromatic heterocycles. The van der Waals surface area contributed by atoms with E-state index in [2.05, 4.69) is 0 Å². The molecule has 0 bridgehead atoms. The number of fused-ring (bicyclic) bond motifs is 1. The Morgan fingerprint density at radius 1 is 1.11 bits per heavy atom. The highest BCUT2D eigenvalue weighted by atomic mass is 16.5. The molecule has 2 aromatic rings. The van der Waals surface area contributed by atoms with E-state index in [1.807, 2.05) is 51.1 Å². The molecule has 5 nitrogen and oxygen atoms in total. The van der Waals surface area contributed by atoms with Crippen molar-refractivity contribution in [1.82, 2.24) is 0 Å². The van der Waals surface area contributed by atoms with Crippen LogP contribution in [0.15, 0.2) is 36.4 Å². The maximum absolute atomic E-state index is 13.0. The molecule has 1 atom stereocenters. The van der Waals surface area contributed by atoms with Crippen molar-refractivity contribution in [1.29, 1.82) is 0 Å². The summed E-state index contributed by atoms with van der Waals surface area (Å²) in [5.74, 6) is 0.0368. The van der Waals surface area contributed by atoms with Gasteiger partial charge < -0.3 is 14.7 Å². The number of rotatable bonds is 6. The van der Waals surface area contributed by atoms with Crippen LogP contribution in [0.1, 0.15) is 35.6 Å². The van der Waals surface area contributed by atoms with Gasteiger partial charge in [-0.25, -0.2) is 0 Å². The van der Waals surface area contributed by atoms with Crippen LogP contribution in [0.4, 0.5) is 5.69 Å². The maximum atomic E-state index is 13.0. The number of carbonyl (C=O) groups excluding carboxylic acids is 2. The largest absolute Gasteiger partial charge is 0.492 e. The second-order valence-electron chi connectivity index (χ2n) is 7.34. The summed E-state index contributed by atoms with van der Waals surface area (Å²) in [5.41, 5.74) is 2.37. The van der Waals surface area contributed by atoms with Crippen LogP contribution in [-0.2, 0) is 15.2 Å². The first kappa shape index (κ1) is 19.1. The summed E-state index contributed by atoms with van der Waals surface area (Å²) in [6, 6.07) is 11.5. The van der Waals surface area contributed by atoms with E-state index in [4.69, 9.17) is 4.74 Å². The first-order chi connectivity index (χ1) is 12.7. The summed E-state index contributed by atoms with van der Waals surface area (Å²) in [6.45, 7) is 7.80. The number of aliphatic hydroxyl groups is 1. The fourth-order valence-electron chi connectivity index (χ4n) is 3.71. The molecule has 0 radical (unpaired) electrons. The summed E-state index contributed by atoms with van der Waals surface area (Å²) in [5, 5.41) is 11.1. The molecule has 0 saturated carbocycles. The van der Waals surface area contributed by atoms with E-state index in [-0.39, 0.29) is 18.8 Å². The van der Waals surface area contributed by atoms with Crippen LogP contribution in [0.25, 0.3) is 0 Å². The van der Waals surface area contributed by atoms with E-state index in [1.165, 1.54) is 6.92 Å². The van der Waals surface area contributed by atoms with Crippen LogP contribution in [0.3, 0.4) is 0 Å². The van der Waals surface area contributed by atoms with E-state index in [9.17, 15) is 14.7 Å². The van der Waals surface area contributed by atoms with Crippen LogP contribution in [0.2, 0.25) is 0 Å². The molecule has 0 saturated heterocycles. The first-order valence-electron chi connectivity index (χ1n) is 9.07. The third kappa shape index (κ3) is 3.60. The third-order valence-corrected chi connectivity index (χ3v) is 4.87. The van der Waals surface area contributed by atoms with Gasteiger partial charge in [0.1, 0.15) is 18.1 Å². The molecule has 142 valence electrons. The Morgan fingerprint density at radius 2 is 1.78 bits per heavy atom. The molecule has 1 aliphatic heterocycles. The van der Waals surface area contributed by atoms with Gasteiger partial charge in [-0.3, -0.25) is 9.59 Å². The van der Waals surface area contributed by atoms with Crippen molar-refractivity contribution in [2.75, 3.05) is 18.1 Å². The van der Waals surface area contributed by atoms with Crippen LogP contribution in [0.5, 0.6) is 5.75 Å². The number of ether oxygens (including phenoxy) is 1. The highest BCUT2D eigenvalue weighted by Gasteiger charge is 2.50. The quantitative estimate of drug-likeness (QED) is 0.851. The molecular weight excluding hydrogens is 342 g/mol. The lowest BCUT2D eigenvalue weighted by atomic mass is 9.88. The Kier molecular flexibility index (Phi) is 5.07. The Balaban J connectivity index is 1.86. The molecule has 1 heterocycles. The molecule has 0 aliphatic carbocycles. The highest BCUT2D eigenvalue weighted by molar-refractivity contribution is 6.09. The molecule has 27 heavy (non-hydrogen) atoms. The van der Waals surface area contributed by atoms with Crippen LogP contribution in [0, 0.1) is 20.8 Å². The van der Waals surface area contributed by atoms with Crippen LogP contribution in [-0.4, -0.2) is 29.9 Å². The lowest BCUT2D eigenvalue weighted by Gasteiger charge is -2.22. The summed E-state index contributed by atoms with van der Waals surface area (Å²) in [4.78, 5) is 26.3. The molecule has 2 aromatic carbocycles. The number of nitrogens with zero attached hydrogens (tertiary/aromatic N) is 1.